The van der Waals surface area contributed by atoms with Crippen molar-refractivity contribution in [1.29, 1.82) is 0 Å². The van der Waals surface area contributed by atoms with Crippen LogP contribution in [0, 0.1) is 5.92 Å². The number of carbonyl (C=O) groups is 3. The van der Waals surface area contributed by atoms with Gasteiger partial charge in [-0.2, -0.15) is 4.99 Å². The first-order valence-electron chi connectivity index (χ1n) is 8.46. The Morgan fingerprint density at radius 1 is 1.48 bits per heavy atom. The van der Waals surface area contributed by atoms with Crippen LogP contribution in [0.5, 0.6) is 0 Å². The van der Waals surface area contributed by atoms with Gasteiger partial charge in [0.25, 0.3) is 5.91 Å². The molecule has 1 saturated carbocycles. The van der Waals surface area contributed by atoms with Crippen molar-refractivity contribution in [2.45, 2.75) is 69.5 Å². The fourth-order valence-electron chi connectivity index (χ4n) is 3.55. The van der Waals surface area contributed by atoms with E-state index < -0.39 is 34.7 Å². The van der Waals surface area contributed by atoms with Crippen molar-refractivity contribution in [3.8, 4) is 0 Å². The van der Waals surface area contributed by atoms with Crippen LogP contribution in [-0.2, 0) is 19.1 Å². The Bertz CT molecular complexity index is 592. The predicted molar refractivity (Wildman–Crippen MR) is 94.2 cm³/mol. The minimum atomic E-state index is -1.23. The number of ether oxygens (including phenoxy) is 1. The number of hydrogen-bond acceptors (Lipinski definition) is 6. The summed E-state index contributed by atoms with van der Waals surface area (Å²) in [5.74, 6) is -2.56. The first-order valence-corrected chi connectivity index (χ1v) is 9.28. The number of carbonyl (C=O) groups excluding carboxylic acids is 2. The summed E-state index contributed by atoms with van der Waals surface area (Å²) in [5.41, 5.74) is 5.74. The minimum absolute atomic E-state index is 0.0593. The summed E-state index contributed by atoms with van der Waals surface area (Å²) >= 11 is 1.03. The molecule has 2 rings (SSSR count). The highest BCUT2D eigenvalue weighted by molar-refractivity contribution is 8.16. The number of aliphatic carboxylic acids is 1. The van der Waals surface area contributed by atoms with Crippen LogP contribution in [0.1, 0.15) is 46.5 Å². The van der Waals surface area contributed by atoms with E-state index in [1.165, 1.54) is 6.92 Å². The molecule has 1 heterocycles. The van der Waals surface area contributed by atoms with Crippen molar-refractivity contribution in [3.63, 3.8) is 0 Å². The number of amidine groups is 1. The van der Waals surface area contributed by atoms with Gasteiger partial charge in [-0.25, -0.2) is 0 Å². The topological polar surface area (TPSA) is 131 Å². The average molecular weight is 371 g/mol. The van der Waals surface area contributed by atoms with Gasteiger partial charge in [0.05, 0.1) is 24.2 Å². The normalized spacial score (nSPS) is 32.1. The Balaban J connectivity index is 2.41. The summed E-state index contributed by atoms with van der Waals surface area (Å²) in [6.07, 6.45) is 1.12. The zero-order chi connectivity index (χ0) is 18.8. The molecule has 140 valence electrons. The summed E-state index contributed by atoms with van der Waals surface area (Å²) < 4.78 is 4.89. The van der Waals surface area contributed by atoms with Gasteiger partial charge in [-0.15, -0.1) is 0 Å². The van der Waals surface area contributed by atoms with Crippen LogP contribution in [0.3, 0.4) is 0 Å². The standard InChI is InChI=1S/C16H25N3O5S/c1-4-10(5-2)24-11-6-9(13(21)22)7-16(12(11)18-8(3)20)14(23)19-15(17)25-16/h9-12H,4-7H2,1-3H3,(H,18,20)(H,21,22)(H2,17,19,23)/t9?,11-,12+,16+/m1/s1. The van der Waals surface area contributed by atoms with Gasteiger partial charge in [0.15, 0.2) is 5.17 Å². The van der Waals surface area contributed by atoms with Gasteiger partial charge in [-0.1, -0.05) is 25.6 Å². The van der Waals surface area contributed by atoms with Crippen molar-refractivity contribution >= 4 is 34.7 Å². The zero-order valence-electron chi connectivity index (χ0n) is 14.7. The fraction of sp³-hybridized carbons (Fsp3) is 0.750. The number of nitrogens with one attached hydrogen (secondary N) is 1. The van der Waals surface area contributed by atoms with Crippen molar-refractivity contribution in [1.82, 2.24) is 5.32 Å². The molecule has 1 spiro atoms. The first-order chi connectivity index (χ1) is 11.7. The fourth-order valence-corrected chi connectivity index (χ4v) is 4.80. The highest BCUT2D eigenvalue weighted by atomic mass is 32.2. The third kappa shape index (κ3) is 3.98. The van der Waals surface area contributed by atoms with Crippen LogP contribution in [0.25, 0.3) is 0 Å². The predicted octanol–water partition coefficient (Wildman–Crippen LogP) is 0.886. The lowest BCUT2D eigenvalue weighted by atomic mass is 9.74. The quantitative estimate of drug-likeness (QED) is 0.632. The lowest BCUT2D eigenvalue weighted by molar-refractivity contribution is -0.149. The SMILES string of the molecule is CCC(CC)O[C@@H]1CC(C(=O)O)C[C@]2(SC(N)=NC2=O)[C@H]1NC(C)=O. The van der Waals surface area contributed by atoms with Crippen LogP contribution in [0.2, 0.25) is 0 Å². The van der Waals surface area contributed by atoms with Crippen molar-refractivity contribution in [3.05, 3.63) is 0 Å². The van der Waals surface area contributed by atoms with Crippen LogP contribution < -0.4 is 11.1 Å². The van der Waals surface area contributed by atoms with Gasteiger partial charge in [0.2, 0.25) is 5.91 Å². The molecule has 0 aromatic heterocycles. The molecular weight excluding hydrogens is 346 g/mol. The number of nitrogens with two attached hydrogens (primary N) is 1. The molecule has 0 saturated heterocycles. The highest BCUT2D eigenvalue weighted by Gasteiger charge is 2.59. The van der Waals surface area contributed by atoms with Gasteiger partial charge in [-0.05, 0) is 25.7 Å². The van der Waals surface area contributed by atoms with Crippen molar-refractivity contribution in [2.75, 3.05) is 0 Å². The lowest BCUT2D eigenvalue weighted by Crippen LogP contribution is -2.64. The van der Waals surface area contributed by atoms with Crippen LogP contribution in [0.15, 0.2) is 4.99 Å². The second kappa shape index (κ2) is 7.74. The van der Waals surface area contributed by atoms with E-state index in [2.05, 4.69) is 10.3 Å². The van der Waals surface area contributed by atoms with Crippen molar-refractivity contribution < 1.29 is 24.2 Å². The molecule has 8 nitrogen and oxygen atoms in total. The molecule has 0 aromatic carbocycles. The second-order valence-electron chi connectivity index (χ2n) is 6.51. The maximum atomic E-state index is 12.6. The molecule has 9 heteroatoms. The molecule has 0 aromatic rings. The first kappa shape index (κ1) is 19.7. The number of hydrogen-bond donors (Lipinski definition) is 3. The highest BCUT2D eigenvalue weighted by Crippen LogP contribution is 2.48. The molecule has 25 heavy (non-hydrogen) atoms. The molecule has 1 unspecified atom stereocenters. The molecule has 0 radical (unpaired) electrons. The number of aliphatic imine (C=N–C) groups is 1. The number of carboxylic acid groups (broad SMARTS) is 1. The van der Waals surface area contributed by atoms with Gasteiger partial charge >= 0.3 is 5.97 Å². The van der Waals surface area contributed by atoms with E-state index in [9.17, 15) is 19.5 Å². The molecule has 4 atom stereocenters. The third-order valence-corrected chi connectivity index (χ3v) is 6.05. The second-order valence-corrected chi connectivity index (χ2v) is 7.86. The number of rotatable bonds is 6. The summed E-state index contributed by atoms with van der Waals surface area (Å²) in [4.78, 5) is 39.8. The Morgan fingerprint density at radius 3 is 2.56 bits per heavy atom. The monoisotopic (exact) mass is 371 g/mol. The maximum Gasteiger partial charge on any atom is 0.306 e. The molecular formula is C16H25N3O5S. The van der Waals surface area contributed by atoms with Crippen molar-refractivity contribution in [2.24, 2.45) is 16.6 Å². The van der Waals surface area contributed by atoms with E-state index in [-0.39, 0.29) is 30.0 Å². The molecule has 2 aliphatic rings. The molecule has 2 amide bonds. The Hall–Kier alpha value is -1.61. The summed E-state index contributed by atoms with van der Waals surface area (Å²) in [7, 11) is 0. The van der Waals surface area contributed by atoms with Gasteiger partial charge in [0.1, 0.15) is 4.75 Å². The van der Waals surface area contributed by atoms with E-state index in [0.29, 0.717) is 0 Å². The molecule has 1 aliphatic heterocycles. The van der Waals surface area contributed by atoms with E-state index in [1.54, 1.807) is 0 Å². The Kier molecular flexibility index (Phi) is 6.10. The minimum Gasteiger partial charge on any atom is -0.481 e. The number of nitrogens with zero attached hydrogens (tertiary/aromatic N) is 1. The molecule has 0 bridgehead atoms. The average Bonchev–Trinajstić information content (AvgIpc) is 2.81. The number of amides is 2. The maximum absolute atomic E-state index is 12.6. The Labute approximate surface area is 151 Å². The molecule has 1 aliphatic carbocycles. The van der Waals surface area contributed by atoms with Crippen LogP contribution in [0.4, 0.5) is 0 Å². The zero-order valence-corrected chi connectivity index (χ0v) is 15.5. The van der Waals surface area contributed by atoms with E-state index in [4.69, 9.17) is 10.5 Å². The largest absolute Gasteiger partial charge is 0.481 e. The van der Waals surface area contributed by atoms with Crippen LogP contribution in [-0.4, -0.2) is 51.1 Å². The summed E-state index contributed by atoms with van der Waals surface area (Å²) in [5, 5.41) is 12.4. The molecule has 1 fully saturated rings. The number of carboxylic acids is 1. The van der Waals surface area contributed by atoms with Gasteiger partial charge < -0.3 is 20.9 Å². The van der Waals surface area contributed by atoms with Gasteiger partial charge in [0, 0.05) is 6.92 Å². The summed E-state index contributed by atoms with van der Waals surface area (Å²) in [6, 6.07) is -0.677. The smallest absolute Gasteiger partial charge is 0.306 e. The lowest BCUT2D eigenvalue weighted by Gasteiger charge is -2.46. The summed E-state index contributed by atoms with van der Waals surface area (Å²) in [6.45, 7) is 5.32. The van der Waals surface area contributed by atoms with E-state index in [0.717, 1.165) is 24.6 Å². The Morgan fingerprint density at radius 2 is 2.12 bits per heavy atom. The van der Waals surface area contributed by atoms with Gasteiger partial charge in [-0.3, -0.25) is 14.4 Å². The van der Waals surface area contributed by atoms with E-state index >= 15 is 0 Å². The van der Waals surface area contributed by atoms with Crippen LogP contribution >= 0.6 is 11.8 Å². The van der Waals surface area contributed by atoms with E-state index in [1.807, 2.05) is 13.8 Å². The third-order valence-electron chi connectivity index (χ3n) is 4.79. The molecule has 4 N–H and O–H groups in total. The number of thioether (sulfide) groups is 1.